The molecule has 1 aliphatic heterocycles. The summed E-state index contributed by atoms with van der Waals surface area (Å²) in [5.74, 6) is 2.11. The van der Waals surface area contributed by atoms with Gasteiger partial charge in [0.15, 0.2) is 5.96 Å². The number of likely N-dealkylation sites (tertiary alicyclic amines) is 1. The monoisotopic (exact) mass is 501 g/mol. The number of benzene rings is 1. The van der Waals surface area contributed by atoms with Crippen molar-refractivity contribution in [2.45, 2.75) is 17.7 Å². The van der Waals surface area contributed by atoms with Gasteiger partial charge in [-0.15, -0.1) is 24.0 Å². The van der Waals surface area contributed by atoms with E-state index in [1.807, 2.05) is 55.3 Å². The second-order valence-electron chi connectivity index (χ2n) is 6.66. The predicted octanol–water partition coefficient (Wildman–Crippen LogP) is 2.29. The molecular weight excluding hydrogens is 473 g/mol. The fourth-order valence-electron chi connectivity index (χ4n) is 3.38. The van der Waals surface area contributed by atoms with E-state index in [0.29, 0.717) is 18.2 Å². The molecule has 1 fully saturated rings. The lowest BCUT2D eigenvalue weighted by atomic mass is 10.0. The predicted molar refractivity (Wildman–Crippen MR) is 121 cm³/mol. The average molecular weight is 501 g/mol. The van der Waals surface area contributed by atoms with Gasteiger partial charge in [0.2, 0.25) is 0 Å². The van der Waals surface area contributed by atoms with Crippen molar-refractivity contribution in [1.29, 1.82) is 0 Å². The molecule has 27 heavy (non-hydrogen) atoms. The molecule has 2 unspecified atom stereocenters. The molecule has 1 saturated heterocycles. The van der Waals surface area contributed by atoms with Crippen LogP contribution in [-0.4, -0.2) is 57.3 Å². The first kappa shape index (κ1) is 21.9. The Morgan fingerprint density at radius 3 is 2.81 bits per heavy atom. The lowest BCUT2D eigenvalue weighted by molar-refractivity contribution is 0.461. The SMILES string of the molecule is CN=C(NCCS(=O)c1ccccc1)N1CCC(Cc2cnn(C)c2)C1.I. The Labute approximate surface area is 180 Å². The average Bonchev–Trinajstić information content (AvgIpc) is 3.28. The number of aryl methyl sites for hydroxylation is 1. The van der Waals surface area contributed by atoms with Crippen LogP contribution in [0.2, 0.25) is 0 Å². The number of guanidine groups is 1. The van der Waals surface area contributed by atoms with Crippen molar-refractivity contribution in [2.24, 2.45) is 18.0 Å². The number of aliphatic imine (C=N–C) groups is 1. The van der Waals surface area contributed by atoms with Crippen molar-refractivity contribution >= 4 is 40.7 Å². The zero-order valence-electron chi connectivity index (χ0n) is 15.9. The maximum Gasteiger partial charge on any atom is 0.193 e. The van der Waals surface area contributed by atoms with Gasteiger partial charge in [-0.2, -0.15) is 5.10 Å². The highest BCUT2D eigenvalue weighted by molar-refractivity contribution is 14.0. The molecule has 148 valence electrons. The number of nitrogens with one attached hydrogen (secondary N) is 1. The number of rotatable bonds is 6. The second-order valence-corrected chi connectivity index (χ2v) is 8.23. The standard InChI is InChI=1S/C19H27N5OS.HI/c1-20-19(21-9-11-26(25)18-6-4-3-5-7-18)24-10-8-16(15-24)12-17-13-22-23(2)14-17;/h3-7,13-14,16H,8-12,15H2,1-2H3,(H,20,21);1H. The van der Waals surface area contributed by atoms with E-state index in [2.05, 4.69) is 26.5 Å². The van der Waals surface area contributed by atoms with Crippen LogP contribution in [0, 0.1) is 5.92 Å². The summed E-state index contributed by atoms with van der Waals surface area (Å²) < 4.78 is 14.2. The van der Waals surface area contributed by atoms with E-state index in [0.717, 1.165) is 36.8 Å². The summed E-state index contributed by atoms with van der Waals surface area (Å²) in [5, 5.41) is 7.62. The largest absolute Gasteiger partial charge is 0.355 e. The van der Waals surface area contributed by atoms with E-state index in [9.17, 15) is 4.21 Å². The molecule has 0 saturated carbocycles. The lowest BCUT2D eigenvalue weighted by Crippen LogP contribution is -2.41. The molecule has 0 bridgehead atoms. The molecule has 0 radical (unpaired) electrons. The van der Waals surface area contributed by atoms with Gasteiger partial charge in [-0.1, -0.05) is 18.2 Å². The summed E-state index contributed by atoms with van der Waals surface area (Å²) in [6, 6.07) is 9.61. The molecule has 0 amide bonds. The highest BCUT2D eigenvalue weighted by atomic mass is 127. The fourth-order valence-corrected chi connectivity index (χ4v) is 4.36. The summed E-state index contributed by atoms with van der Waals surface area (Å²) in [6.07, 6.45) is 6.26. The maximum atomic E-state index is 12.3. The minimum atomic E-state index is -0.980. The molecule has 1 N–H and O–H groups in total. The van der Waals surface area contributed by atoms with Gasteiger partial charge < -0.3 is 10.2 Å². The van der Waals surface area contributed by atoms with Crippen LogP contribution in [0.1, 0.15) is 12.0 Å². The smallest absolute Gasteiger partial charge is 0.193 e. The molecule has 1 aromatic carbocycles. The molecule has 1 aromatic heterocycles. The Morgan fingerprint density at radius 2 is 2.15 bits per heavy atom. The first-order valence-corrected chi connectivity index (χ1v) is 10.3. The molecule has 8 heteroatoms. The van der Waals surface area contributed by atoms with E-state index in [-0.39, 0.29) is 24.0 Å². The molecule has 3 rings (SSSR count). The molecule has 2 heterocycles. The van der Waals surface area contributed by atoms with Gasteiger partial charge in [-0.3, -0.25) is 13.9 Å². The molecule has 1 aliphatic rings. The van der Waals surface area contributed by atoms with Crippen molar-refractivity contribution in [3.63, 3.8) is 0 Å². The highest BCUT2D eigenvalue weighted by Gasteiger charge is 2.25. The third-order valence-electron chi connectivity index (χ3n) is 4.66. The van der Waals surface area contributed by atoms with Gasteiger partial charge in [0.05, 0.1) is 17.0 Å². The minimum absolute atomic E-state index is 0. The molecule has 0 spiro atoms. The van der Waals surface area contributed by atoms with Crippen molar-refractivity contribution in [3.8, 4) is 0 Å². The zero-order chi connectivity index (χ0) is 18.4. The van der Waals surface area contributed by atoms with E-state index in [4.69, 9.17) is 0 Å². The van der Waals surface area contributed by atoms with Crippen molar-refractivity contribution in [2.75, 3.05) is 32.4 Å². The van der Waals surface area contributed by atoms with Gasteiger partial charge in [0, 0.05) is 50.6 Å². The Balaban J connectivity index is 0.00000261. The van der Waals surface area contributed by atoms with Crippen LogP contribution in [-0.2, 0) is 24.3 Å². The first-order chi connectivity index (χ1) is 12.7. The Hall–Kier alpha value is -1.42. The van der Waals surface area contributed by atoms with Crippen molar-refractivity contribution in [1.82, 2.24) is 20.0 Å². The van der Waals surface area contributed by atoms with E-state index < -0.39 is 10.8 Å². The molecule has 2 aromatic rings. The molecule has 0 aliphatic carbocycles. The Bertz CT molecular complexity index is 764. The molecular formula is C19H28IN5OS. The summed E-state index contributed by atoms with van der Waals surface area (Å²) in [7, 11) is 2.78. The van der Waals surface area contributed by atoms with E-state index >= 15 is 0 Å². The van der Waals surface area contributed by atoms with Gasteiger partial charge >= 0.3 is 0 Å². The Kier molecular flexibility index (Phi) is 8.75. The van der Waals surface area contributed by atoms with Crippen molar-refractivity contribution in [3.05, 3.63) is 48.3 Å². The van der Waals surface area contributed by atoms with Gasteiger partial charge in [0.25, 0.3) is 0 Å². The second kappa shape index (κ2) is 10.8. The van der Waals surface area contributed by atoms with Crippen LogP contribution in [0.4, 0.5) is 0 Å². The minimum Gasteiger partial charge on any atom is -0.355 e. The summed E-state index contributed by atoms with van der Waals surface area (Å²) >= 11 is 0. The molecule has 6 nitrogen and oxygen atoms in total. The fraction of sp³-hybridized carbons (Fsp3) is 0.474. The zero-order valence-corrected chi connectivity index (χ0v) is 19.0. The Morgan fingerprint density at radius 1 is 1.37 bits per heavy atom. The number of halogens is 1. The lowest BCUT2D eigenvalue weighted by Gasteiger charge is -2.21. The van der Waals surface area contributed by atoms with Crippen LogP contribution in [0.5, 0.6) is 0 Å². The maximum absolute atomic E-state index is 12.3. The van der Waals surface area contributed by atoms with E-state index in [1.54, 1.807) is 0 Å². The number of nitrogens with zero attached hydrogens (tertiary/aromatic N) is 4. The van der Waals surface area contributed by atoms with Crippen LogP contribution >= 0.6 is 24.0 Å². The van der Waals surface area contributed by atoms with Gasteiger partial charge in [0.1, 0.15) is 0 Å². The van der Waals surface area contributed by atoms with Gasteiger partial charge in [-0.05, 0) is 36.5 Å². The highest BCUT2D eigenvalue weighted by Crippen LogP contribution is 2.20. The quantitative estimate of drug-likeness (QED) is 0.375. The topological polar surface area (TPSA) is 62.5 Å². The summed E-state index contributed by atoms with van der Waals surface area (Å²) in [6.45, 7) is 2.65. The third kappa shape index (κ3) is 6.31. The van der Waals surface area contributed by atoms with Crippen molar-refractivity contribution < 1.29 is 4.21 Å². The third-order valence-corrected chi connectivity index (χ3v) is 6.03. The first-order valence-electron chi connectivity index (χ1n) is 9.02. The van der Waals surface area contributed by atoms with Gasteiger partial charge in [-0.25, -0.2) is 0 Å². The van der Waals surface area contributed by atoms with E-state index in [1.165, 1.54) is 5.56 Å². The normalized spacial score (nSPS) is 18.2. The summed E-state index contributed by atoms with van der Waals surface area (Å²) in [4.78, 5) is 7.58. The number of aromatic nitrogens is 2. The van der Waals surface area contributed by atoms with Crippen LogP contribution in [0.3, 0.4) is 0 Å². The van der Waals surface area contributed by atoms with Crippen LogP contribution < -0.4 is 5.32 Å². The summed E-state index contributed by atoms with van der Waals surface area (Å²) in [5.41, 5.74) is 1.29. The van der Waals surface area contributed by atoms with Crippen LogP contribution in [0.25, 0.3) is 0 Å². The van der Waals surface area contributed by atoms with Crippen LogP contribution in [0.15, 0.2) is 52.6 Å². The number of hydrogen-bond acceptors (Lipinski definition) is 3. The number of hydrogen-bond donors (Lipinski definition) is 1. The molecule has 2 atom stereocenters.